The fourth-order valence-corrected chi connectivity index (χ4v) is 6.00. The van der Waals surface area contributed by atoms with Crippen LogP contribution in [0.2, 0.25) is 0 Å². The summed E-state index contributed by atoms with van der Waals surface area (Å²) in [4.78, 5) is 36.0. The molecule has 2 amide bonds. The van der Waals surface area contributed by atoms with Crippen molar-refractivity contribution in [1.29, 1.82) is 0 Å². The van der Waals surface area contributed by atoms with Gasteiger partial charge in [0.15, 0.2) is 12.4 Å². The summed E-state index contributed by atoms with van der Waals surface area (Å²) in [6.07, 6.45) is 6.64. The molecule has 2 unspecified atom stereocenters. The molecule has 4 bridgehead atoms. The van der Waals surface area contributed by atoms with Crippen LogP contribution in [0, 0.1) is 17.3 Å². The van der Waals surface area contributed by atoms with Crippen molar-refractivity contribution < 1.29 is 23.5 Å². The van der Waals surface area contributed by atoms with Crippen molar-refractivity contribution in [3.63, 3.8) is 0 Å². The summed E-state index contributed by atoms with van der Waals surface area (Å²) in [5.41, 5.74) is -0.558. The molecule has 4 fully saturated rings. The highest BCUT2D eigenvalue weighted by Crippen LogP contribution is 2.64. The van der Waals surface area contributed by atoms with E-state index < -0.39 is 23.8 Å². The highest BCUT2D eigenvalue weighted by Gasteiger charge is 2.60. The van der Waals surface area contributed by atoms with E-state index >= 15 is 0 Å². The number of imide groups is 1. The fraction of sp³-hybridized carbons (Fsp3) is 0.611. The Morgan fingerprint density at radius 1 is 1.24 bits per heavy atom. The summed E-state index contributed by atoms with van der Waals surface area (Å²) in [6.45, 7) is -0.475. The maximum Gasteiger partial charge on any atom is 0.312 e. The van der Waals surface area contributed by atoms with Crippen LogP contribution >= 0.6 is 11.6 Å². The third-order valence-corrected chi connectivity index (χ3v) is 6.20. The number of hydrogen-bond donors (Lipinski definition) is 1. The van der Waals surface area contributed by atoms with E-state index in [1.165, 1.54) is 12.3 Å². The number of furan rings is 1. The number of halogens is 1. The first-order valence-electron chi connectivity index (χ1n) is 8.61. The van der Waals surface area contributed by atoms with Crippen LogP contribution in [0.5, 0.6) is 0 Å². The number of carbonyl (C=O) groups excluding carboxylic acids is 3. The second-order valence-electron chi connectivity index (χ2n) is 7.82. The monoisotopic (exact) mass is 365 g/mol. The molecule has 2 atom stereocenters. The Bertz CT molecular complexity index is 699. The largest absolute Gasteiger partial charge is 0.459 e. The molecule has 4 aliphatic carbocycles. The normalized spacial score (nSPS) is 35.4. The van der Waals surface area contributed by atoms with Gasteiger partial charge in [-0.2, -0.15) is 0 Å². The topological polar surface area (TPSA) is 85.6 Å². The maximum atomic E-state index is 12.7. The van der Waals surface area contributed by atoms with Gasteiger partial charge in [0.25, 0.3) is 11.8 Å². The molecule has 134 valence electrons. The van der Waals surface area contributed by atoms with Crippen molar-refractivity contribution in [2.75, 3.05) is 6.61 Å². The molecule has 0 aromatic carbocycles. The first-order valence-corrected chi connectivity index (χ1v) is 8.99. The van der Waals surface area contributed by atoms with Crippen molar-refractivity contribution in [3.05, 3.63) is 24.2 Å². The van der Waals surface area contributed by atoms with Crippen LogP contribution in [0.4, 0.5) is 0 Å². The van der Waals surface area contributed by atoms with Crippen molar-refractivity contribution in [2.45, 2.75) is 43.4 Å². The Kier molecular flexibility index (Phi) is 3.90. The Morgan fingerprint density at radius 3 is 2.56 bits per heavy atom. The Labute approximate surface area is 150 Å². The molecule has 1 aromatic rings. The van der Waals surface area contributed by atoms with E-state index in [2.05, 4.69) is 5.32 Å². The van der Waals surface area contributed by atoms with Gasteiger partial charge in [-0.25, -0.2) is 0 Å². The number of ether oxygens (including phenoxy) is 1. The van der Waals surface area contributed by atoms with Gasteiger partial charge in [0, 0.05) is 4.87 Å². The summed E-state index contributed by atoms with van der Waals surface area (Å²) in [6, 6.07) is 3.00. The van der Waals surface area contributed by atoms with Crippen LogP contribution in [0.25, 0.3) is 0 Å². The first kappa shape index (κ1) is 16.6. The molecule has 1 heterocycles. The number of carbonyl (C=O) groups is 3. The highest BCUT2D eigenvalue weighted by molar-refractivity contribution is 6.24. The Hall–Kier alpha value is -1.82. The fourth-order valence-electron chi connectivity index (χ4n) is 5.31. The minimum absolute atomic E-state index is 0.0323. The predicted octanol–water partition coefficient (Wildman–Crippen LogP) is 2.66. The van der Waals surface area contributed by atoms with Gasteiger partial charge in [0.1, 0.15) is 0 Å². The average molecular weight is 366 g/mol. The maximum absolute atomic E-state index is 12.7. The minimum atomic E-state index is -0.667. The van der Waals surface area contributed by atoms with Crippen molar-refractivity contribution in [2.24, 2.45) is 17.3 Å². The summed E-state index contributed by atoms with van der Waals surface area (Å²) >= 11 is 6.71. The van der Waals surface area contributed by atoms with E-state index in [1.54, 1.807) is 6.07 Å². The van der Waals surface area contributed by atoms with Crippen LogP contribution in [0.15, 0.2) is 22.8 Å². The molecule has 0 saturated heterocycles. The van der Waals surface area contributed by atoms with E-state index in [-0.39, 0.29) is 16.6 Å². The first-order chi connectivity index (χ1) is 11.9. The van der Waals surface area contributed by atoms with Gasteiger partial charge in [0.2, 0.25) is 0 Å². The highest BCUT2D eigenvalue weighted by atomic mass is 35.5. The van der Waals surface area contributed by atoms with Gasteiger partial charge >= 0.3 is 5.97 Å². The van der Waals surface area contributed by atoms with Crippen molar-refractivity contribution in [1.82, 2.24) is 5.32 Å². The Morgan fingerprint density at radius 2 is 1.96 bits per heavy atom. The SMILES string of the molecule is O=C(COC(=O)C12CC3CC(CC(Cl)(C3)C1)C2)NC(=O)c1ccco1. The standard InChI is InChI=1S/C18H20ClNO5/c19-18-7-11-4-12(8-18)6-17(5-11,10-18)16(23)25-9-14(21)20-15(22)13-2-1-3-24-13/h1-3,11-12H,4-10H2,(H,20,21,22). The van der Waals surface area contributed by atoms with Gasteiger partial charge in [0.05, 0.1) is 11.7 Å². The molecule has 5 rings (SSSR count). The van der Waals surface area contributed by atoms with Gasteiger partial charge in [-0.1, -0.05) is 0 Å². The van der Waals surface area contributed by atoms with Gasteiger partial charge in [-0.15, -0.1) is 11.6 Å². The molecule has 7 heteroatoms. The lowest BCUT2D eigenvalue weighted by Gasteiger charge is -2.58. The molecule has 0 spiro atoms. The molecular formula is C18H20ClNO5. The zero-order valence-corrected chi connectivity index (χ0v) is 14.5. The van der Waals surface area contributed by atoms with Gasteiger partial charge < -0.3 is 9.15 Å². The van der Waals surface area contributed by atoms with Crippen LogP contribution < -0.4 is 5.32 Å². The third kappa shape index (κ3) is 3.08. The van der Waals surface area contributed by atoms with Crippen LogP contribution in [-0.4, -0.2) is 29.3 Å². The molecule has 0 aliphatic heterocycles. The van der Waals surface area contributed by atoms with E-state index in [9.17, 15) is 14.4 Å². The zero-order chi connectivity index (χ0) is 17.7. The number of nitrogens with one attached hydrogen (secondary N) is 1. The molecule has 1 aromatic heterocycles. The zero-order valence-electron chi connectivity index (χ0n) is 13.8. The van der Waals surface area contributed by atoms with Crippen LogP contribution in [-0.2, 0) is 14.3 Å². The minimum Gasteiger partial charge on any atom is -0.459 e. The molecular weight excluding hydrogens is 346 g/mol. The number of amides is 2. The second kappa shape index (κ2) is 5.87. The second-order valence-corrected chi connectivity index (χ2v) is 8.62. The van der Waals surface area contributed by atoms with E-state index in [4.69, 9.17) is 20.8 Å². The molecule has 4 saturated carbocycles. The summed E-state index contributed by atoms with van der Waals surface area (Å²) in [7, 11) is 0. The van der Waals surface area contributed by atoms with Crippen LogP contribution in [0.1, 0.15) is 49.1 Å². The molecule has 6 nitrogen and oxygen atoms in total. The quantitative estimate of drug-likeness (QED) is 0.655. The van der Waals surface area contributed by atoms with E-state index in [0.717, 1.165) is 32.1 Å². The van der Waals surface area contributed by atoms with Gasteiger partial charge in [-0.05, 0) is 62.5 Å². The number of rotatable bonds is 4. The number of hydrogen-bond acceptors (Lipinski definition) is 5. The summed E-state index contributed by atoms with van der Waals surface area (Å²) < 4.78 is 10.2. The Balaban J connectivity index is 1.35. The third-order valence-electron chi connectivity index (χ3n) is 5.75. The van der Waals surface area contributed by atoms with Crippen molar-refractivity contribution >= 4 is 29.4 Å². The van der Waals surface area contributed by atoms with E-state index in [0.29, 0.717) is 18.3 Å². The predicted molar refractivity (Wildman–Crippen MR) is 87.8 cm³/mol. The van der Waals surface area contributed by atoms with E-state index in [1.807, 2.05) is 0 Å². The smallest absolute Gasteiger partial charge is 0.312 e. The lowest BCUT2D eigenvalue weighted by molar-refractivity contribution is -0.171. The number of alkyl halides is 1. The van der Waals surface area contributed by atoms with Crippen molar-refractivity contribution in [3.8, 4) is 0 Å². The molecule has 25 heavy (non-hydrogen) atoms. The molecule has 0 radical (unpaired) electrons. The van der Waals surface area contributed by atoms with Gasteiger partial charge in [-0.3, -0.25) is 19.7 Å². The lowest BCUT2D eigenvalue weighted by atomic mass is 9.49. The molecule has 4 aliphatic rings. The average Bonchev–Trinajstić information content (AvgIpc) is 3.04. The van der Waals surface area contributed by atoms with Crippen LogP contribution in [0.3, 0.4) is 0 Å². The number of esters is 1. The molecule has 1 N–H and O–H groups in total. The lowest BCUT2D eigenvalue weighted by Crippen LogP contribution is -2.56. The summed E-state index contributed by atoms with van der Waals surface area (Å²) in [5, 5.41) is 2.14. The summed E-state index contributed by atoms with van der Waals surface area (Å²) in [5.74, 6) is -0.695.